The van der Waals surface area contributed by atoms with E-state index in [9.17, 15) is 9.59 Å². The lowest BCUT2D eigenvalue weighted by atomic mass is 9.76. The van der Waals surface area contributed by atoms with Crippen LogP contribution in [0.4, 0.5) is 0 Å². The summed E-state index contributed by atoms with van der Waals surface area (Å²) in [6.45, 7) is 0. The molecule has 1 unspecified atom stereocenters. The van der Waals surface area contributed by atoms with Crippen molar-refractivity contribution in [3.05, 3.63) is 35.9 Å². The molecule has 4 heteroatoms. The van der Waals surface area contributed by atoms with E-state index < -0.39 is 5.41 Å². The summed E-state index contributed by atoms with van der Waals surface area (Å²) in [5, 5.41) is 8.91. The van der Waals surface area contributed by atoms with Crippen LogP contribution >= 0.6 is 0 Å². The Kier molecular flexibility index (Phi) is 2.68. The highest BCUT2D eigenvalue weighted by atomic mass is 16.2. The second-order valence-electron chi connectivity index (χ2n) is 4.22. The SMILES string of the molecule is CN1C(=O)CC(CC#N)(c2ccccc2)C1=O. The highest BCUT2D eigenvalue weighted by molar-refractivity contribution is 6.08. The van der Waals surface area contributed by atoms with Gasteiger partial charge in [-0.15, -0.1) is 0 Å². The van der Waals surface area contributed by atoms with Crippen molar-refractivity contribution < 1.29 is 9.59 Å². The maximum atomic E-state index is 12.2. The molecule has 1 aliphatic heterocycles. The van der Waals surface area contributed by atoms with Gasteiger partial charge < -0.3 is 0 Å². The fourth-order valence-electron chi connectivity index (χ4n) is 2.24. The number of hydrogen-bond acceptors (Lipinski definition) is 3. The first-order valence-corrected chi connectivity index (χ1v) is 5.35. The molecule has 4 nitrogen and oxygen atoms in total. The van der Waals surface area contributed by atoms with Crippen molar-refractivity contribution in [2.24, 2.45) is 0 Å². The molecule has 0 bridgehead atoms. The molecule has 1 fully saturated rings. The minimum atomic E-state index is -0.984. The van der Waals surface area contributed by atoms with Gasteiger partial charge in [-0.3, -0.25) is 14.5 Å². The van der Waals surface area contributed by atoms with Crippen molar-refractivity contribution in [1.82, 2.24) is 4.90 Å². The minimum Gasteiger partial charge on any atom is -0.285 e. The van der Waals surface area contributed by atoms with Crippen molar-refractivity contribution in [3.8, 4) is 6.07 Å². The van der Waals surface area contributed by atoms with E-state index in [0.717, 1.165) is 10.5 Å². The van der Waals surface area contributed by atoms with E-state index in [1.165, 1.54) is 7.05 Å². The quantitative estimate of drug-likeness (QED) is 0.715. The average molecular weight is 228 g/mol. The first-order valence-electron chi connectivity index (χ1n) is 5.35. The highest BCUT2D eigenvalue weighted by Crippen LogP contribution is 2.38. The van der Waals surface area contributed by atoms with Crippen LogP contribution in [0.5, 0.6) is 0 Å². The topological polar surface area (TPSA) is 61.2 Å². The number of nitrogens with zero attached hydrogens (tertiary/aromatic N) is 2. The van der Waals surface area contributed by atoms with E-state index in [4.69, 9.17) is 5.26 Å². The van der Waals surface area contributed by atoms with E-state index in [0.29, 0.717) is 0 Å². The molecule has 1 heterocycles. The lowest BCUT2D eigenvalue weighted by Gasteiger charge is -2.23. The van der Waals surface area contributed by atoms with Crippen LogP contribution in [0.1, 0.15) is 18.4 Å². The standard InChI is InChI=1S/C13H12N2O2/c1-15-11(16)9-13(7-8-14,12(15)17)10-5-3-2-4-6-10/h2-6H,7,9H2,1H3. The van der Waals surface area contributed by atoms with Gasteiger partial charge in [-0.05, 0) is 5.56 Å². The Morgan fingerprint density at radius 2 is 2.00 bits per heavy atom. The van der Waals surface area contributed by atoms with Gasteiger partial charge in [-0.2, -0.15) is 5.26 Å². The summed E-state index contributed by atoms with van der Waals surface area (Å²) in [5.41, 5.74) is -0.244. The number of nitriles is 1. The molecule has 0 spiro atoms. The van der Waals surface area contributed by atoms with Gasteiger partial charge in [0.2, 0.25) is 11.8 Å². The Hall–Kier alpha value is -2.15. The van der Waals surface area contributed by atoms with Crippen LogP contribution in [0.2, 0.25) is 0 Å². The van der Waals surface area contributed by atoms with Crippen LogP contribution in [-0.2, 0) is 15.0 Å². The van der Waals surface area contributed by atoms with Gasteiger partial charge in [-0.25, -0.2) is 0 Å². The third kappa shape index (κ3) is 1.60. The molecule has 2 rings (SSSR count). The normalized spacial score (nSPS) is 23.9. The lowest BCUT2D eigenvalue weighted by Crippen LogP contribution is -2.36. The molecule has 1 saturated heterocycles. The highest BCUT2D eigenvalue weighted by Gasteiger charge is 2.51. The molecule has 0 aromatic heterocycles. The number of amides is 2. The monoisotopic (exact) mass is 228 g/mol. The summed E-state index contributed by atoms with van der Waals surface area (Å²) in [4.78, 5) is 24.9. The van der Waals surface area contributed by atoms with E-state index in [2.05, 4.69) is 0 Å². The molecule has 1 aromatic rings. The van der Waals surface area contributed by atoms with Crippen LogP contribution in [0.25, 0.3) is 0 Å². The van der Waals surface area contributed by atoms with Crippen molar-refractivity contribution in [2.45, 2.75) is 18.3 Å². The largest absolute Gasteiger partial charge is 0.285 e. The Morgan fingerprint density at radius 1 is 1.35 bits per heavy atom. The van der Waals surface area contributed by atoms with Crippen LogP contribution in [0, 0.1) is 11.3 Å². The maximum Gasteiger partial charge on any atom is 0.241 e. The smallest absolute Gasteiger partial charge is 0.241 e. The summed E-state index contributed by atoms with van der Waals surface area (Å²) in [6, 6.07) is 11.1. The number of likely N-dealkylation sites (N-methyl/N-ethyl adjacent to an activating group) is 1. The summed E-state index contributed by atoms with van der Waals surface area (Å²) in [7, 11) is 1.47. The van der Waals surface area contributed by atoms with Crippen molar-refractivity contribution in [3.63, 3.8) is 0 Å². The zero-order valence-electron chi connectivity index (χ0n) is 9.51. The molecule has 0 aliphatic carbocycles. The molecule has 86 valence electrons. The molecule has 1 aliphatic rings. The molecule has 0 saturated carbocycles. The molecule has 2 amide bonds. The third-order valence-corrected chi connectivity index (χ3v) is 3.25. The zero-order chi connectivity index (χ0) is 12.5. The van der Waals surface area contributed by atoms with Crippen LogP contribution < -0.4 is 0 Å². The predicted molar refractivity (Wildman–Crippen MR) is 60.7 cm³/mol. The zero-order valence-corrected chi connectivity index (χ0v) is 9.51. The lowest BCUT2D eigenvalue weighted by molar-refractivity contribution is -0.138. The average Bonchev–Trinajstić information content (AvgIpc) is 2.57. The number of rotatable bonds is 2. The van der Waals surface area contributed by atoms with Gasteiger partial charge in [0.25, 0.3) is 0 Å². The Balaban J connectivity index is 2.53. The summed E-state index contributed by atoms with van der Waals surface area (Å²) < 4.78 is 0. The molecule has 0 N–H and O–H groups in total. The number of hydrogen-bond donors (Lipinski definition) is 0. The minimum absolute atomic E-state index is 0.0337. The summed E-state index contributed by atoms with van der Waals surface area (Å²) >= 11 is 0. The van der Waals surface area contributed by atoms with Crippen molar-refractivity contribution in [2.75, 3.05) is 7.05 Å². The molecule has 0 radical (unpaired) electrons. The fourth-order valence-corrected chi connectivity index (χ4v) is 2.24. The molecule has 1 aromatic carbocycles. The second kappa shape index (κ2) is 4.02. The van der Waals surface area contributed by atoms with Gasteiger partial charge in [-0.1, -0.05) is 30.3 Å². The third-order valence-electron chi connectivity index (χ3n) is 3.25. The van der Waals surface area contributed by atoms with Gasteiger partial charge in [0, 0.05) is 13.5 Å². The van der Waals surface area contributed by atoms with E-state index in [1.54, 1.807) is 12.1 Å². The Morgan fingerprint density at radius 3 is 2.47 bits per heavy atom. The van der Waals surface area contributed by atoms with E-state index in [1.807, 2.05) is 24.3 Å². The first kappa shape index (κ1) is 11.3. The molecular formula is C13H12N2O2. The summed E-state index contributed by atoms with van der Waals surface area (Å²) in [5.74, 6) is -0.510. The van der Waals surface area contributed by atoms with Crippen molar-refractivity contribution in [1.29, 1.82) is 5.26 Å². The summed E-state index contributed by atoms with van der Waals surface area (Å²) in [6.07, 6.45) is 0.117. The second-order valence-corrected chi connectivity index (χ2v) is 4.22. The Bertz CT molecular complexity index is 504. The number of carbonyl (C=O) groups is 2. The number of imide groups is 1. The van der Waals surface area contributed by atoms with E-state index in [-0.39, 0.29) is 24.7 Å². The predicted octanol–water partition coefficient (Wildman–Crippen LogP) is 1.23. The number of benzene rings is 1. The van der Waals surface area contributed by atoms with Crippen molar-refractivity contribution >= 4 is 11.8 Å². The number of carbonyl (C=O) groups excluding carboxylic acids is 2. The van der Waals surface area contributed by atoms with Crippen LogP contribution in [0.15, 0.2) is 30.3 Å². The van der Waals surface area contributed by atoms with Crippen LogP contribution in [-0.4, -0.2) is 23.8 Å². The van der Waals surface area contributed by atoms with Gasteiger partial charge >= 0.3 is 0 Å². The van der Waals surface area contributed by atoms with Gasteiger partial charge in [0.15, 0.2) is 0 Å². The first-order chi connectivity index (χ1) is 8.12. The molecule has 17 heavy (non-hydrogen) atoms. The molecular weight excluding hydrogens is 216 g/mol. The maximum absolute atomic E-state index is 12.2. The van der Waals surface area contributed by atoms with Gasteiger partial charge in [0.05, 0.1) is 17.9 Å². The molecule has 1 atom stereocenters. The fraction of sp³-hybridized carbons (Fsp3) is 0.308. The van der Waals surface area contributed by atoms with Gasteiger partial charge in [0.1, 0.15) is 0 Å². The Labute approximate surface area is 99.5 Å². The van der Waals surface area contributed by atoms with E-state index >= 15 is 0 Å². The number of likely N-dealkylation sites (tertiary alicyclic amines) is 1. The van der Waals surface area contributed by atoms with Crippen LogP contribution in [0.3, 0.4) is 0 Å².